The number of carbonyl (C=O) groups excluding carboxylic acids is 2. The van der Waals surface area contributed by atoms with Crippen LogP contribution in [0.15, 0.2) is 67.3 Å². The van der Waals surface area contributed by atoms with Crippen LogP contribution in [0.25, 0.3) is 5.69 Å². The molecule has 1 aromatic heterocycles. The fourth-order valence-electron chi connectivity index (χ4n) is 5.11. The van der Waals surface area contributed by atoms with Crippen molar-refractivity contribution >= 4 is 11.8 Å². The van der Waals surface area contributed by atoms with Crippen molar-refractivity contribution in [3.8, 4) is 11.4 Å². The molecule has 0 spiro atoms. The van der Waals surface area contributed by atoms with E-state index >= 15 is 0 Å². The molecular weight excluding hydrogens is 444 g/mol. The van der Waals surface area contributed by atoms with E-state index < -0.39 is 5.60 Å². The number of likely N-dealkylation sites (N-methyl/N-ethyl adjacent to an activating group) is 1. The monoisotopic (exact) mass is 474 g/mol. The highest BCUT2D eigenvalue weighted by Crippen LogP contribution is 2.40. The average Bonchev–Trinajstić information content (AvgIpc) is 3.65. The first-order valence-corrected chi connectivity index (χ1v) is 11.8. The first kappa shape index (κ1) is 23.1. The van der Waals surface area contributed by atoms with E-state index in [4.69, 9.17) is 9.47 Å². The summed E-state index contributed by atoms with van der Waals surface area (Å²) < 4.78 is 13.2. The van der Waals surface area contributed by atoms with Gasteiger partial charge in [0.2, 0.25) is 5.91 Å². The van der Waals surface area contributed by atoms with Crippen LogP contribution >= 0.6 is 0 Å². The molecule has 3 aromatic rings. The van der Waals surface area contributed by atoms with Crippen molar-refractivity contribution in [1.82, 2.24) is 19.4 Å². The molecular formula is C27H30N4O4. The standard InChI is InChI=1S/C27H30N4O4/c1-19(21-6-10-24(34-3)11-7-21)25(32)31-17-27(14-23(31)16-35-27)26(33)29(2)15-20-4-8-22(9-5-20)30-13-12-28-18-30/h4-13,18-19,23H,14-17H2,1-3H3/t19?,23?,27-/m0/s1. The van der Waals surface area contributed by atoms with E-state index in [0.717, 1.165) is 22.6 Å². The van der Waals surface area contributed by atoms with Crippen LogP contribution in [-0.4, -0.2) is 70.1 Å². The summed E-state index contributed by atoms with van der Waals surface area (Å²) in [4.78, 5) is 34.5. The van der Waals surface area contributed by atoms with Crippen LogP contribution in [0.2, 0.25) is 0 Å². The summed E-state index contributed by atoms with van der Waals surface area (Å²) in [5, 5.41) is 0. The molecule has 8 heteroatoms. The number of hydrogen-bond acceptors (Lipinski definition) is 5. The van der Waals surface area contributed by atoms with Gasteiger partial charge in [0.1, 0.15) is 5.75 Å². The van der Waals surface area contributed by atoms with Crippen molar-refractivity contribution in [2.45, 2.75) is 37.5 Å². The van der Waals surface area contributed by atoms with Crippen LogP contribution < -0.4 is 4.74 Å². The summed E-state index contributed by atoms with van der Waals surface area (Å²) in [6.45, 7) is 3.06. The molecule has 0 radical (unpaired) electrons. The lowest BCUT2D eigenvalue weighted by atomic mass is 9.99. The molecule has 35 heavy (non-hydrogen) atoms. The maximum absolute atomic E-state index is 13.5. The molecule has 182 valence electrons. The van der Waals surface area contributed by atoms with Crippen LogP contribution in [0, 0.1) is 0 Å². The number of benzene rings is 2. The zero-order valence-electron chi connectivity index (χ0n) is 20.3. The Balaban J connectivity index is 1.24. The van der Waals surface area contributed by atoms with Crippen molar-refractivity contribution in [3.05, 3.63) is 78.4 Å². The number of ether oxygens (including phenoxy) is 2. The molecule has 2 aromatic carbocycles. The molecule has 2 fully saturated rings. The van der Waals surface area contributed by atoms with E-state index in [0.29, 0.717) is 26.1 Å². The van der Waals surface area contributed by atoms with E-state index in [1.807, 2.05) is 71.1 Å². The Morgan fingerprint density at radius 3 is 2.60 bits per heavy atom. The lowest BCUT2D eigenvalue weighted by molar-refractivity contribution is -0.158. The second-order valence-corrected chi connectivity index (χ2v) is 9.42. The van der Waals surface area contributed by atoms with E-state index in [1.165, 1.54) is 0 Å². The van der Waals surface area contributed by atoms with Gasteiger partial charge in [-0.05, 0) is 42.3 Å². The Hall–Kier alpha value is -3.65. The zero-order chi connectivity index (χ0) is 24.6. The molecule has 0 N–H and O–H groups in total. The van der Waals surface area contributed by atoms with Crippen molar-refractivity contribution in [2.75, 3.05) is 27.3 Å². The number of aromatic nitrogens is 2. The van der Waals surface area contributed by atoms with Gasteiger partial charge in [-0.25, -0.2) is 4.98 Å². The molecule has 5 rings (SSSR count). The highest BCUT2D eigenvalue weighted by molar-refractivity contribution is 5.90. The van der Waals surface area contributed by atoms with Crippen molar-refractivity contribution in [3.63, 3.8) is 0 Å². The lowest BCUT2D eigenvalue weighted by Gasteiger charge is -2.35. The molecule has 8 nitrogen and oxygen atoms in total. The van der Waals surface area contributed by atoms with Crippen LogP contribution in [-0.2, 0) is 20.9 Å². The third-order valence-corrected chi connectivity index (χ3v) is 7.15. The smallest absolute Gasteiger partial charge is 0.256 e. The van der Waals surface area contributed by atoms with Gasteiger partial charge < -0.3 is 23.8 Å². The van der Waals surface area contributed by atoms with Gasteiger partial charge in [-0.3, -0.25) is 9.59 Å². The average molecular weight is 475 g/mol. The minimum absolute atomic E-state index is 0.0240. The molecule has 0 saturated carbocycles. The molecule has 2 aliphatic heterocycles. The lowest BCUT2D eigenvalue weighted by Crippen LogP contribution is -2.53. The number of hydrogen-bond donors (Lipinski definition) is 0. The summed E-state index contributed by atoms with van der Waals surface area (Å²) in [6.07, 6.45) is 5.92. The topological polar surface area (TPSA) is 76.9 Å². The first-order valence-electron chi connectivity index (χ1n) is 11.8. The zero-order valence-corrected chi connectivity index (χ0v) is 20.3. The number of carbonyl (C=O) groups is 2. The quantitative estimate of drug-likeness (QED) is 0.526. The summed E-state index contributed by atoms with van der Waals surface area (Å²) in [5.74, 6) is 0.395. The van der Waals surface area contributed by atoms with E-state index in [1.54, 1.807) is 31.6 Å². The predicted molar refractivity (Wildman–Crippen MR) is 130 cm³/mol. The summed E-state index contributed by atoms with van der Waals surface area (Å²) in [5.41, 5.74) is 1.99. The highest BCUT2D eigenvalue weighted by Gasteiger charge is 2.58. The summed E-state index contributed by atoms with van der Waals surface area (Å²) >= 11 is 0. The molecule has 3 heterocycles. The number of methoxy groups -OCH3 is 1. The number of nitrogens with zero attached hydrogens (tertiary/aromatic N) is 4. The maximum Gasteiger partial charge on any atom is 0.256 e. The van der Waals surface area contributed by atoms with Crippen LogP contribution in [0.1, 0.15) is 30.4 Å². The summed E-state index contributed by atoms with van der Waals surface area (Å²) in [7, 11) is 3.41. The first-order chi connectivity index (χ1) is 16.9. The molecule has 2 amide bonds. The van der Waals surface area contributed by atoms with Crippen LogP contribution in [0.4, 0.5) is 0 Å². The number of fused-ring (bicyclic) bond motifs is 2. The fraction of sp³-hybridized carbons (Fsp3) is 0.370. The minimum Gasteiger partial charge on any atom is -0.497 e. The normalized spacial score (nSPS) is 21.7. The van der Waals surface area contributed by atoms with Crippen LogP contribution in [0.3, 0.4) is 0 Å². The van der Waals surface area contributed by atoms with Crippen molar-refractivity contribution in [2.24, 2.45) is 0 Å². The number of amides is 2. The van der Waals surface area contributed by atoms with Gasteiger partial charge in [-0.2, -0.15) is 0 Å². The Labute approximate surface area is 205 Å². The summed E-state index contributed by atoms with van der Waals surface area (Å²) in [6, 6.07) is 15.5. The molecule has 2 unspecified atom stereocenters. The Morgan fingerprint density at radius 2 is 1.94 bits per heavy atom. The van der Waals surface area contributed by atoms with Gasteiger partial charge >= 0.3 is 0 Å². The third-order valence-electron chi connectivity index (χ3n) is 7.15. The molecule has 0 aliphatic carbocycles. The Kier molecular flexibility index (Phi) is 6.06. The number of morpholine rings is 1. The van der Waals surface area contributed by atoms with E-state index in [9.17, 15) is 9.59 Å². The van der Waals surface area contributed by atoms with E-state index in [-0.39, 0.29) is 23.8 Å². The van der Waals surface area contributed by atoms with Crippen molar-refractivity contribution < 1.29 is 19.1 Å². The largest absolute Gasteiger partial charge is 0.497 e. The van der Waals surface area contributed by atoms with Gasteiger partial charge in [-0.1, -0.05) is 24.3 Å². The number of likely N-dealkylation sites (tertiary alicyclic amines) is 1. The molecule has 3 atom stereocenters. The predicted octanol–water partition coefficient (Wildman–Crippen LogP) is 3.01. The van der Waals surface area contributed by atoms with Gasteiger partial charge in [0.05, 0.1) is 38.5 Å². The second-order valence-electron chi connectivity index (χ2n) is 9.42. The van der Waals surface area contributed by atoms with Gasteiger partial charge in [0.15, 0.2) is 5.60 Å². The van der Waals surface area contributed by atoms with Crippen LogP contribution in [0.5, 0.6) is 5.75 Å². The Morgan fingerprint density at radius 1 is 1.20 bits per heavy atom. The molecule has 2 saturated heterocycles. The highest BCUT2D eigenvalue weighted by atomic mass is 16.5. The molecule has 2 aliphatic rings. The van der Waals surface area contributed by atoms with Gasteiger partial charge in [0.25, 0.3) is 5.91 Å². The Bertz CT molecular complexity index is 1190. The number of imidazole rings is 1. The second kappa shape index (κ2) is 9.19. The van der Waals surface area contributed by atoms with Gasteiger partial charge in [0, 0.05) is 38.1 Å². The number of rotatable bonds is 7. The van der Waals surface area contributed by atoms with Crippen molar-refractivity contribution in [1.29, 1.82) is 0 Å². The molecule has 2 bridgehead atoms. The van der Waals surface area contributed by atoms with Gasteiger partial charge in [-0.15, -0.1) is 0 Å². The van der Waals surface area contributed by atoms with E-state index in [2.05, 4.69) is 4.98 Å². The third kappa shape index (κ3) is 4.30. The minimum atomic E-state index is -0.967. The maximum atomic E-state index is 13.5. The SMILES string of the molecule is COc1ccc(C(C)C(=O)N2C[C@]3(C(=O)N(C)Cc4ccc(-n5ccnc5)cc4)CC2CO3)cc1. The fourth-order valence-corrected chi connectivity index (χ4v) is 5.11.